The average Bonchev–Trinajstić information content (AvgIpc) is 2.83. The minimum absolute atomic E-state index is 0.143. The first kappa shape index (κ1) is 25.5. The molecule has 3 rings (SSSR count). The summed E-state index contributed by atoms with van der Waals surface area (Å²) < 4.78 is 51.1. The van der Waals surface area contributed by atoms with Crippen LogP contribution in [0.1, 0.15) is 40.5 Å². The van der Waals surface area contributed by atoms with Gasteiger partial charge < -0.3 is 14.8 Å². The summed E-state index contributed by atoms with van der Waals surface area (Å²) >= 11 is 0. The third-order valence-electron chi connectivity index (χ3n) is 5.07. The van der Waals surface area contributed by atoms with E-state index in [2.05, 4.69) is 5.32 Å². The second kappa shape index (κ2) is 11.3. The zero-order valence-corrected chi connectivity index (χ0v) is 19.4. The molecule has 1 aliphatic heterocycles. The molecule has 1 heterocycles. The number of Topliss-reactive ketones (excluding diaryl/α,β-unsaturated/α-hetero) is 1. The molecule has 1 aliphatic rings. The third-order valence-corrected chi connectivity index (χ3v) is 6.96. The number of sulfonamides is 1. The maximum Gasteiger partial charge on any atom is 0.341 e. The zero-order valence-electron chi connectivity index (χ0n) is 18.6. The maximum atomic E-state index is 14.3. The van der Waals surface area contributed by atoms with Crippen LogP contribution in [-0.2, 0) is 24.3 Å². The highest BCUT2D eigenvalue weighted by Gasteiger charge is 2.28. The zero-order chi connectivity index (χ0) is 24.7. The van der Waals surface area contributed by atoms with Crippen molar-refractivity contribution < 1.29 is 36.7 Å². The number of esters is 1. The summed E-state index contributed by atoms with van der Waals surface area (Å²) in [5, 5.41) is 2.69. The Morgan fingerprint density at radius 3 is 2.41 bits per heavy atom. The molecule has 2 aromatic carbocycles. The minimum Gasteiger partial charge on any atom is -0.454 e. The Kier molecular flexibility index (Phi) is 8.48. The number of rotatable bonds is 9. The molecule has 0 aliphatic carbocycles. The summed E-state index contributed by atoms with van der Waals surface area (Å²) in [6.07, 6.45) is 1.08. The number of benzene rings is 2. The van der Waals surface area contributed by atoms with Crippen LogP contribution in [-0.4, -0.2) is 63.3 Å². The molecular formula is C23H25FN2O7S. The van der Waals surface area contributed by atoms with E-state index in [-0.39, 0.29) is 42.7 Å². The Labute approximate surface area is 196 Å². The van der Waals surface area contributed by atoms with E-state index in [4.69, 9.17) is 9.47 Å². The predicted octanol–water partition coefficient (Wildman–Crippen LogP) is 2.62. The Morgan fingerprint density at radius 2 is 1.76 bits per heavy atom. The van der Waals surface area contributed by atoms with Crippen LogP contribution in [0.2, 0.25) is 0 Å². The lowest BCUT2D eigenvalue weighted by Gasteiger charge is -2.26. The van der Waals surface area contributed by atoms with Crippen molar-refractivity contribution in [1.82, 2.24) is 4.31 Å². The van der Waals surface area contributed by atoms with E-state index in [1.54, 1.807) is 12.1 Å². The molecule has 1 saturated heterocycles. The van der Waals surface area contributed by atoms with Gasteiger partial charge in [-0.25, -0.2) is 17.6 Å². The van der Waals surface area contributed by atoms with E-state index in [0.29, 0.717) is 18.5 Å². The highest BCUT2D eigenvalue weighted by Crippen LogP contribution is 2.21. The maximum absolute atomic E-state index is 14.3. The first-order chi connectivity index (χ1) is 16.2. The number of morpholine rings is 1. The fourth-order valence-corrected chi connectivity index (χ4v) is 4.67. The summed E-state index contributed by atoms with van der Waals surface area (Å²) in [5.74, 6) is -2.81. The standard InChI is InChI=1S/C23H25FN2O7S/c1-2-3-22(28)25-17-6-4-16(5-7-17)21(27)15-33-23(29)19-14-18(8-9-20(19)24)34(30,31)26-10-12-32-13-11-26/h4-9,14H,2-3,10-13,15H2,1H3,(H,25,28). The van der Waals surface area contributed by atoms with Gasteiger partial charge in [-0.2, -0.15) is 4.31 Å². The summed E-state index contributed by atoms with van der Waals surface area (Å²) in [6.45, 7) is 1.99. The van der Waals surface area contributed by atoms with Crippen LogP contribution >= 0.6 is 0 Å². The molecule has 9 nitrogen and oxygen atoms in total. The molecule has 1 amide bonds. The molecule has 1 fully saturated rings. The fourth-order valence-electron chi connectivity index (χ4n) is 3.24. The quantitative estimate of drug-likeness (QED) is 0.422. The summed E-state index contributed by atoms with van der Waals surface area (Å²) in [6, 6.07) is 8.87. The molecule has 1 N–H and O–H groups in total. The third kappa shape index (κ3) is 6.25. The van der Waals surface area contributed by atoms with Crippen molar-refractivity contribution in [3.8, 4) is 0 Å². The number of hydrogen-bond acceptors (Lipinski definition) is 7. The van der Waals surface area contributed by atoms with Crippen LogP contribution in [0.4, 0.5) is 10.1 Å². The van der Waals surface area contributed by atoms with E-state index in [1.165, 1.54) is 16.4 Å². The van der Waals surface area contributed by atoms with Crippen molar-refractivity contribution in [3.63, 3.8) is 0 Å². The largest absolute Gasteiger partial charge is 0.454 e. The predicted molar refractivity (Wildman–Crippen MR) is 121 cm³/mol. The van der Waals surface area contributed by atoms with Crippen molar-refractivity contribution in [2.45, 2.75) is 24.7 Å². The number of nitrogens with one attached hydrogen (secondary N) is 1. The summed E-state index contributed by atoms with van der Waals surface area (Å²) in [5.41, 5.74) is 0.161. The van der Waals surface area contributed by atoms with Gasteiger partial charge in [-0.05, 0) is 48.9 Å². The van der Waals surface area contributed by atoms with E-state index in [1.807, 2.05) is 6.92 Å². The molecule has 0 unspecified atom stereocenters. The van der Waals surface area contributed by atoms with E-state index in [0.717, 1.165) is 18.2 Å². The number of ether oxygens (including phenoxy) is 2. The molecule has 0 spiro atoms. The molecule has 2 aromatic rings. The molecule has 11 heteroatoms. The molecule has 0 saturated carbocycles. The second-order valence-corrected chi connectivity index (χ2v) is 9.47. The number of halogens is 1. The van der Waals surface area contributed by atoms with Crippen molar-refractivity contribution in [3.05, 3.63) is 59.4 Å². The molecule has 182 valence electrons. The van der Waals surface area contributed by atoms with Crippen LogP contribution in [0.5, 0.6) is 0 Å². The molecule has 34 heavy (non-hydrogen) atoms. The van der Waals surface area contributed by atoms with Crippen molar-refractivity contribution in [2.75, 3.05) is 38.2 Å². The van der Waals surface area contributed by atoms with E-state index < -0.39 is 39.8 Å². The van der Waals surface area contributed by atoms with Gasteiger partial charge in [-0.1, -0.05) is 6.92 Å². The first-order valence-corrected chi connectivity index (χ1v) is 12.1. The number of ketones is 1. The number of carbonyl (C=O) groups is 3. The van der Waals surface area contributed by atoms with Gasteiger partial charge in [0.25, 0.3) is 0 Å². The van der Waals surface area contributed by atoms with Crippen molar-refractivity contribution in [2.24, 2.45) is 0 Å². The Morgan fingerprint density at radius 1 is 1.09 bits per heavy atom. The number of anilines is 1. The minimum atomic E-state index is -3.94. The SMILES string of the molecule is CCCC(=O)Nc1ccc(C(=O)COC(=O)c2cc(S(=O)(=O)N3CCOCC3)ccc2F)cc1. The lowest BCUT2D eigenvalue weighted by molar-refractivity contribution is -0.116. The number of carbonyl (C=O) groups excluding carboxylic acids is 3. The van der Waals surface area contributed by atoms with Gasteiger partial charge in [0.1, 0.15) is 5.82 Å². The van der Waals surface area contributed by atoms with Gasteiger partial charge >= 0.3 is 5.97 Å². The van der Waals surface area contributed by atoms with Gasteiger partial charge in [-0.15, -0.1) is 0 Å². The smallest absolute Gasteiger partial charge is 0.341 e. The fraction of sp³-hybridized carbons (Fsp3) is 0.348. The van der Waals surface area contributed by atoms with Crippen molar-refractivity contribution in [1.29, 1.82) is 0 Å². The second-order valence-electron chi connectivity index (χ2n) is 7.53. The topological polar surface area (TPSA) is 119 Å². The molecular weight excluding hydrogens is 467 g/mol. The molecule has 0 bridgehead atoms. The lowest BCUT2D eigenvalue weighted by atomic mass is 10.1. The van der Waals surface area contributed by atoms with Crippen LogP contribution < -0.4 is 5.32 Å². The molecule has 0 radical (unpaired) electrons. The Bertz CT molecular complexity index is 1160. The lowest BCUT2D eigenvalue weighted by Crippen LogP contribution is -2.40. The van der Waals surface area contributed by atoms with Crippen LogP contribution in [0.15, 0.2) is 47.4 Å². The van der Waals surface area contributed by atoms with Gasteiger partial charge in [0, 0.05) is 30.8 Å². The van der Waals surface area contributed by atoms with Gasteiger partial charge in [0.2, 0.25) is 15.9 Å². The van der Waals surface area contributed by atoms with Gasteiger partial charge in [0.15, 0.2) is 12.4 Å². The van der Waals surface area contributed by atoms with Crippen LogP contribution in [0, 0.1) is 5.82 Å². The monoisotopic (exact) mass is 492 g/mol. The van der Waals surface area contributed by atoms with E-state index in [9.17, 15) is 27.2 Å². The van der Waals surface area contributed by atoms with Gasteiger partial charge in [-0.3, -0.25) is 9.59 Å². The molecule has 0 atom stereocenters. The van der Waals surface area contributed by atoms with Crippen molar-refractivity contribution >= 4 is 33.4 Å². The Hall–Kier alpha value is -3.15. The number of hydrogen-bond donors (Lipinski definition) is 1. The number of amides is 1. The summed E-state index contributed by atoms with van der Waals surface area (Å²) in [7, 11) is -3.94. The highest BCUT2D eigenvalue weighted by molar-refractivity contribution is 7.89. The number of nitrogens with zero attached hydrogens (tertiary/aromatic N) is 1. The van der Waals surface area contributed by atoms with Gasteiger partial charge in [0.05, 0.1) is 23.7 Å². The normalized spacial score (nSPS) is 14.4. The summed E-state index contributed by atoms with van der Waals surface area (Å²) in [4.78, 5) is 36.1. The first-order valence-electron chi connectivity index (χ1n) is 10.7. The highest BCUT2D eigenvalue weighted by atomic mass is 32.2. The molecule has 0 aromatic heterocycles. The average molecular weight is 493 g/mol. The van der Waals surface area contributed by atoms with Crippen LogP contribution in [0.25, 0.3) is 0 Å². The Balaban J connectivity index is 1.65. The van der Waals surface area contributed by atoms with E-state index >= 15 is 0 Å². The van der Waals surface area contributed by atoms with Crippen LogP contribution in [0.3, 0.4) is 0 Å².